The van der Waals surface area contributed by atoms with Crippen molar-refractivity contribution in [3.05, 3.63) is 107 Å². The third-order valence-electron chi connectivity index (χ3n) is 5.40. The number of rotatable bonds is 9. The van der Waals surface area contributed by atoms with Crippen molar-refractivity contribution in [2.45, 2.75) is 31.6 Å². The number of aliphatic hydroxyl groups excluding tert-OH is 1. The van der Waals surface area contributed by atoms with Gasteiger partial charge in [0.05, 0.1) is 11.8 Å². The minimum Gasteiger partial charge on any atom is -0.391 e. The number of oxime groups is 1. The van der Waals surface area contributed by atoms with E-state index in [0.29, 0.717) is 24.5 Å². The van der Waals surface area contributed by atoms with E-state index in [0.717, 1.165) is 29.8 Å². The Morgan fingerprint density at radius 1 is 0.935 bits per heavy atom. The zero-order valence-electron chi connectivity index (χ0n) is 17.4. The molecule has 0 spiro atoms. The van der Waals surface area contributed by atoms with Gasteiger partial charge in [0.15, 0.2) is 0 Å². The van der Waals surface area contributed by atoms with Gasteiger partial charge in [-0.25, -0.2) is 0 Å². The molecule has 0 aromatic heterocycles. The normalized spacial score (nSPS) is 16.7. The van der Waals surface area contributed by atoms with Gasteiger partial charge in [-0.05, 0) is 35.2 Å². The van der Waals surface area contributed by atoms with Crippen LogP contribution in [0.1, 0.15) is 23.1 Å². The molecule has 1 aliphatic heterocycles. The quantitative estimate of drug-likeness (QED) is 0.519. The molecule has 1 aliphatic rings. The van der Waals surface area contributed by atoms with Gasteiger partial charge in [-0.15, -0.1) is 0 Å². The summed E-state index contributed by atoms with van der Waals surface area (Å²) in [6.07, 6.45) is 0.869. The van der Waals surface area contributed by atoms with E-state index in [1.165, 1.54) is 5.56 Å². The fourth-order valence-corrected chi connectivity index (χ4v) is 4.05. The number of nitrogens with zero attached hydrogens (tertiary/aromatic N) is 2. The second-order valence-corrected chi connectivity index (χ2v) is 8.44. The molecule has 3 aromatic carbocycles. The molecular weight excluding hydrogens is 408 g/mol. The maximum Gasteiger partial charge on any atom is 0.145 e. The maximum atomic E-state index is 10.8. The van der Waals surface area contributed by atoms with Crippen LogP contribution in [0.4, 0.5) is 0 Å². The molecule has 4 nitrogen and oxygen atoms in total. The molecule has 31 heavy (non-hydrogen) atoms. The molecule has 0 amide bonds. The summed E-state index contributed by atoms with van der Waals surface area (Å²) in [5, 5.41) is 15.8. The second kappa shape index (κ2) is 10.6. The topological polar surface area (TPSA) is 45.1 Å². The molecule has 4 rings (SSSR count). The minimum atomic E-state index is -0.454. The molecule has 1 heterocycles. The molecule has 0 unspecified atom stereocenters. The average molecular weight is 435 g/mol. The minimum absolute atomic E-state index is 0.0432. The van der Waals surface area contributed by atoms with E-state index in [1.807, 2.05) is 60.7 Å². The molecule has 0 aliphatic carbocycles. The van der Waals surface area contributed by atoms with Crippen LogP contribution in [-0.2, 0) is 17.8 Å². The number of hydrogen-bond acceptors (Lipinski definition) is 4. The highest BCUT2D eigenvalue weighted by Crippen LogP contribution is 2.20. The first-order valence-electron chi connectivity index (χ1n) is 10.6. The zero-order valence-corrected chi connectivity index (χ0v) is 18.2. The van der Waals surface area contributed by atoms with Crippen molar-refractivity contribution in [1.82, 2.24) is 4.90 Å². The Balaban J connectivity index is 1.39. The van der Waals surface area contributed by atoms with Crippen LogP contribution in [0.5, 0.6) is 0 Å². The lowest BCUT2D eigenvalue weighted by Gasteiger charge is -2.27. The molecule has 0 saturated carbocycles. The van der Waals surface area contributed by atoms with E-state index in [-0.39, 0.29) is 6.10 Å². The molecule has 0 radical (unpaired) electrons. The highest BCUT2D eigenvalue weighted by Gasteiger charge is 2.25. The smallest absolute Gasteiger partial charge is 0.145 e. The lowest BCUT2D eigenvalue weighted by atomic mass is 10.0. The molecule has 0 bridgehead atoms. The largest absolute Gasteiger partial charge is 0.391 e. The van der Waals surface area contributed by atoms with Gasteiger partial charge < -0.3 is 9.94 Å². The Bertz CT molecular complexity index is 977. The van der Waals surface area contributed by atoms with E-state index in [1.54, 1.807) is 0 Å². The van der Waals surface area contributed by atoms with Gasteiger partial charge in [0.2, 0.25) is 0 Å². The Hall–Kier alpha value is -2.66. The summed E-state index contributed by atoms with van der Waals surface area (Å²) in [6, 6.07) is 28.1. The Kier molecular flexibility index (Phi) is 7.36. The van der Waals surface area contributed by atoms with Gasteiger partial charge in [-0.1, -0.05) is 89.6 Å². The van der Waals surface area contributed by atoms with E-state index < -0.39 is 6.10 Å². The lowest BCUT2D eigenvalue weighted by Crippen LogP contribution is -2.38. The van der Waals surface area contributed by atoms with Gasteiger partial charge in [0.25, 0.3) is 0 Å². The third kappa shape index (κ3) is 6.41. The van der Waals surface area contributed by atoms with E-state index in [4.69, 9.17) is 16.4 Å². The van der Waals surface area contributed by atoms with Crippen LogP contribution in [0.2, 0.25) is 5.02 Å². The highest BCUT2D eigenvalue weighted by molar-refractivity contribution is 6.30. The van der Waals surface area contributed by atoms with E-state index in [2.05, 4.69) is 34.3 Å². The van der Waals surface area contributed by atoms with Crippen LogP contribution >= 0.6 is 11.6 Å². The first-order chi connectivity index (χ1) is 15.2. The number of benzene rings is 3. The van der Waals surface area contributed by atoms with Gasteiger partial charge >= 0.3 is 0 Å². The average Bonchev–Trinajstić information content (AvgIpc) is 3.24. The molecular formula is C26H27ClN2O2. The third-order valence-corrected chi connectivity index (χ3v) is 5.66. The molecule has 0 saturated heterocycles. The van der Waals surface area contributed by atoms with Gasteiger partial charge in [0, 0.05) is 31.1 Å². The van der Waals surface area contributed by atoms with Crippen LogP contribution < -0.4 is 0 Å². The maximum absolute atomic E-state index is 10.8. The molecule has 2 atom stereocenters. The summed E-state index contributed by atoms with van der Waals surface area (Å²) in [4.78, 5) is 8.01. The van der Waals surface area contributed by atoms with Crippen molar-refractivity contribution in [3.63, 3.8) is 0 Å². The van der Waals surface area contributed by atoms with E-state index in [9.17, 15) is 5.11 Å². The van der Waals surface area contributed by atoms with Gasteiger partial charge in [0.1, 0.15) is 6.10 Å². The standard InChI is InChI=1S/C26H27ClN2O2/c27-23-13-11-22(12-14-23)26-16-25(31-28-26)19-29(17-21-9-5-2-6-10-21)18-24(30)15-20-7-3-1-4-8-20/h1-14,24-25,30H,15-19H2/t24-,25+/m1/s1. The summed E-state index contributed by atoms with van der Waals surface area (Å²) in [6.45, 7) is 2.02. The molecule has 5 heteroatoms. The SMILES string of the molecule is O[C@H](Cc1ccccc1)CN(Cc1ccccc1)C[C@@H]1CC(c2ccc(Cl)cc2)=NO1. The van der Waals surface area contributed by atoms with E-state index >= 15 is 0 Å². The summed E-state index contributed by atoms with van der Waals surface area (Å²) < 4.78 is 0. The predicted molar refractivity (Wildman–Crippen MR) is 125 cm³/mol. The van der Waals surface area contributed by atoms with Gasteiger partial charge in [-0.2, -0.15) is 0 Å². The second-order valence-electron chi connectivity index (χ2n) is 8.00. The van der Waals surface area contributed by atoms with Crippen molar-refractivity contribution in [2.75, 3.05) is 13.1 Å². The summed E-state index contributed by atoms with van der Waals surface area (Å²) in [7, 11) is 0. The monoisotopic (exact) mass is 434 g/mol. The Labute approximate surface area is 188 Å². The summed E-state index contributed by atoms with van der Waals surface area (Å²) in [5.74, 6) is 0. The van der Waals surface area contributed by atoms with Crippen LogP contribution in [0.3, 0.4) is 0 Å². The Morgan fingerprint density at radius 3 is 2.26 bits per heavy atom. The van der Waals surface area contributed by atoms with Crippen molar-refractivity contribution in [1.29, 1.82) is 0 Å². The van der Waals surface area contributed by atoms with Crippen LogP contribution in [0, 0.1) is 0 Å². The first-order valence-corrected chi connectivity index (χ1v) is 11.0. The molecule has 3 aromatic rings. The van der Waals surface area contributed by atoms with Crippen molar-refractivity contribution in [2.24, 2.45) is 5.16 Å². The van der Waals surface area contributed by atoms with Crippen LogP contribution in [0.15, 0.2) is 90.1 Å². The van der Waals surface area contributed by atoms with Crippen molar-refractivity contribution >= 4 is 17.3 Å². The molecule has 1 N–H and O–H groups in total. The fraction of sp³-hybridized carbons (Fsp3) is 0.269. The summed E-state index contributed by atoms with van der Waals surface area (Å²) >= 11 is 6.00. The summed E-state index contributed by atoms with van der Waals surface area (Å²) in [5.41, 5.74) is 4.32. The highest BCUT2D eigenvalue weighted by atomic mass is 35.5. The Morgan fingerprint density at radius 2 is 1.58 bits per heavy atom. The van der Waals surface area contributed by atoms with Crippen molar-refractivity contribution < 1.29 is 9.94 Å². The lowest BCUT2D eigenvalue weighted by molar-refractivity contribution is 0.0322. The van der Waals surface area contributed by atoms with Crippen LogP contribution in [0.25, 0.3) is 0 Å². The molecule has 160 valence electrons. The zero-order chi connectivity index (χ0) is 21.5. The fourth-order valence-electron chi connectivity index (χ4n) is 3.92. The predicted octanol–water partition coefficient (Wildman–Crippen LogP) is 4.94. The number of hydrogen-bond donors (Lipinski definition) is 1. The van der Waals surface area contributed by atoms with Gasteiger partial charge in [-0.3, -0.25) is 4.90 Å². The molecule has 0 fully saturated rings. The van der Waals surface area contributed by atoms with Crippen molar-refractivity contribution in [3.8, 4) is 0 Å². The van der Waals surface area contributed by atoms with Crippen LogP contribution in [-0.4, -0.2) is 41.0 Å². The first kappa shape index (κ1) is 21.6. The number of aliphatic hydroxyl groups is 1. The number of halogens is 1.